The summed E-state index contributed by atoms with van der Waals surface area (Å²) in [6.45, 7) is 0. The standard InChI is InChI=1S/C17H12/c1-2-14-7-9-15-5-3-13(1)4-6-16(10-8-14,12-11-15)17(13,14)15/h1-12H. The van der Waals surface area contributed by atoms with Gasteiger partial charge in [-0.25, -0.2) is 0 Å². The van der Waals surface area contributed by atoms with Gasteiger partial charge in [-0.05, 0) is 0 Å². The van der Waals surface area contributed by atoms with E-state index in [2.05, 4.69) is 72.9 Å². The third-order valence-electron chi connectivity index (χ3n) is 6.41. The molecule has 0 saturated carbocycles. The molecule has 0 saturated heterocycles. The molecule has 0 nitrogen and oxygen atoms in total. The molecular formula is C17H12. The van der Waals surface area contributed by atoms with Crippen molar-refractivity contribution in [1.82, 2.24) is 0 Å². The van der Waals surface area contributed by atoms with Crippen LogP contribution in [0.5, 0.6) is 0 Å². The first-order valence-corrected chi connectivity index (χ1v) is 6.46. The maximum atomic E-state index is 2.45. The Hall–Kier alpha value is -1.56. The van der Waals surface area contributed by atoms with E-state index in [4.69, 9.17) is 0 Å². The van der Waals surface area contributed by atoms with E-state index in [1.54, 1.807) is 0 Å². The molecule has 0 radical (unpaired) electrons. The lowest BCUT2D eigenvalue weighted by atomic mass is 9.49. The highest BCUT2D eigenvalue weighted by molar-refractivity contribution is 5.71. The van der Waals surface area contributed by atoms with Crippen molar-refractivity contribution < 1.29 is 0 Å². The Morgan fingerprint density at radius 2 is 0.471 bits per heavy atom. The molecule has 6 aliphatic carbocycles. The number of allylic oxidation sites excluding steroid dienone is 12. The zero-order valence-corrected chi connectivity index (χ0v) is 9.43. The summed E-state index contributed by atoms with van der Waals surface area (Å²) < 4.78 is 0. The molecule has 1 spiro atoms. The van der Waals surface area contributed by atoms with E-state index in [-0.39, 0.29) is 27.1 Å². The zero-order valence-electron chi connectivity index (χ0n) is 9.43. The summed E-state index contributed by atoms with van der Waals surface area (Å²) in [7, 11) is 0. The topological polar surface area (TPSA) is 0 Å². The Balaban J connectivity index is 1.96. The maximum absolute atomic E-state index is 2.45. The molecule has 0 amide bonds. The van der Waals surface area contributed by atoms with Crippen LogP contribution in [-0.4, -0.2) is 0 Å². The lowest BCUT2D eigenvalue weighted by molar-refractivity contribution is 0.0435. The van der Waals surface area contributed by atoms with Crippen molar-refractivity contribution in [3.8, 4) is 0 Å². The summed E-state index contributed by atoms with van der Waals surface area (Å²) in [6.07, 6.45) is 29.4. The van der Waals surface area contributed by atoms with Crippen LogP contribution in [0.3, 0.4) is 0 Å². The van der Waals surface area contributed by atoms with Gasteiger partial charge in [-0.2, -0.15) is 0 Å². The Morgan fingerprint density at radius 1 is 0.294 bits per heavy atom. The van der Waals surface area contributed by atoms with Crippen LogP contribution >= 0.6 is 0 Å². The molecule has 0 bridgehead atoms. The van der Waals surface area contributed by atoms with E-state index in [0.717, 1.165) is 0 Å². The molecule has 0 aromatic carbocycles. The SMILES string of the molecule is C1=CC23C=CC45C=CC16C=CC(C=C2)(C=C4)C635. The van der Waals surface area contributed by atoms with E-state index in [1.807, 2.05) is 0 Å². The molecule has 0 aromatic rings. The highest BCUT2D eigenvalue weighted by Gasteiger charge is 2.84. The van der Waals surface area contributed by atoms with Crippen LogP contribution in [0.15, 0.2) is 72.9 Å². The smallest absolute Gasteiger partial charge is 0.0346 e. The third-order valence-corrected chi connectivity index (χ3v) is 6.41. The predicted molar refractivity (Wildman–Crippen MR) is 67.0 cm³/mol. The molecule has 0 heterocycles. The van der Waals surface area contributed by atoms with Gasteiger partial charge in [0, 0.05) is 27.1 Å². The van der Waals surface area contributed by atoms with Crippen LogP contribution < -0.4 is 0 Å². The summed E-state index contributed by atoms with van der Waals surface area (Å²) in [4.78, 5) is 0. The van der Waals surface area contributed by atoms with Gasteiger partial charge in [0.1, 0.15) is 0 Å². The van der Waals surface area contributed by atoms with Gasteiger partial charge in [-0.3, -0.25) is 0 Å². The molecule has 0 aliphatic heterocycles. The molecule has 0 aromatic heterocycles. The highest BCUT2D eigenvalue weighted by Crippen LogP contribution is 2.89. The van der Waals surface area contributed by atoms with E-state index in [0.29, 0.717) is 0 Å². The Bertz CT molecular complexity index is 482. The fourth-order valence-corrected chi connectivity index (χ4v) is 6.07. The van der Waals surface area contributed by atoms with Crippen LogP contribution in [0.4, 0.5) is 0 Å². The number of rotatable bonds is 0. The molecule has 0 atom stereocenters. The predicted octanol–water partition coefficient (Wildman–Crippen LogP) is 3.34. The van der Waals surface area contributed by atoms with Crippen LogP contribution in [0.2, 0.25) is 0 Å². The Labute approximate surface area is 100 Å². The average molecular weight is 216 g/mol. The average Bonchev–Trinajstić information content (AvgIpc) is 3.05. The minimum Gasteiger partial charge on any atom is -0.0729 e. The number of hydrogen-bond acceptors (Lipinski definition) is 0. The summed E-state index contributed by atoms with van der Waals surface area (Å²) >= 11 is 0. The van der Waals surface area contributed by atoms with Gasteiger partial charge in [0.15, 0.2) is 0 Å². The molecule has 6 rings (SSSR count). The molecule has 80 valence electrons. The van der Waals surface area contributed by atoms with Gasteiger partial charge >= 0.3 is 0 Å². The van der Waals surface area contributed by atoms with Crippen molar-refractivity contribution in [2.75, 3.05) is 0 Å². The van der Waals surface area contributed by atoms with E-state index < -0.39 is 0 Å². The van der Waals surface area contributed by atoms with E-state index >= 15 is 0 Å². The van der Waals surface area contributed by atoms with Gasteiger partial charge in [0.25, 0.3) is 0 Å². The molecule has 0 N–H and O–H groups in total. The van der Waals surface area contributed by atoms with Crippen molar-refractivity contribution in [2.24, 2.45) is 27.1 Å². The maximum Gasteiger partial charge on any atom is 0.0346 e. The van der Waals surface area contributed by atoms with Gasteiger partial charge in [0.2, 0.25) is 0 Å². The van der Waals surface area contributed by atoms with E-state index in [9.17, 15) is 0 Å². The molecule has 0 fully saturated rings. The van der Waals surface area contributed by atoms with Crippen LogP contribution in [-0.2, 0) is 0 Å². The molecule has 0 heteroatoms. The first kappa shape index (κ1) is 7.71. The van der Waals surface area contributed by atoms with Crippen LogP contribution in [0.1, 0.15) is 0 Å². The third kappa shape index (κ3) is 0.382. The van der Waals surface area contributed by atoms with Gasteiger partial charge in [0.05, 0.1) is 0 Å². The van der Waals surface area contributed by atoms with Crippen molar-refractivity contribution in [2.45, 2.75) is 0 Å². The first-order valence-electron chi connectivity index (χ1n) is 6.46. The monoisotopic (exact) mass is 216 g/mol. The fourth-order valence-electron chi connectivity index (χ4n) is 6.07. The van der Waals surface area contributed by atoms with Crippen molar-refractivity contribution in [3.05, 3.63) is 72.9 Å². The zero-order chi connectivity index (χ0) is 11.0. The summed E-state index contributed by atoms with van der Waals surface area (Å²) in [5.74, 6) is 0. The molecular weight excluding hydrogens is 204 g/mol. The lowest BCUT2D eigenvalue weighted by Gasteiger charge is -2.50. The summed E-state index contributed by atoms with van der Waals surface area (Å²) in [6, 6.07) is 0. The van der Waals surface area contributed by atoms with Crippen LogP contribution in [0, 0.1) is 27.1 Å². The minimum absolute atomic E-state index is 0.156. The molecule has 0 unspecified atom stereocenters. The first-order chi connectivity index (χ1) is 8.24. The van der Waals surface area contributed by atoms with Crippen molar-refractivity contribution >= 4 is 0 Å². The Morgan fingerprint density at radius 3 is 0.647 bits per heavy atom. The second kappa shape index (κ2) is 1.59. The second-order valence-corrected chi connectivity index (χ2v) is 6.48. The van der Waals surface area contributed by atoms with Crippen molar-refractivity contribution in [3.63, 3.8) is 0 Å². The van der Waals surface area contributed by atoms with Crippen LogP contribution in [0.25, 0.3) is 0 Å². The van der Waals surface area contributed by atoms with Gasteiger partial charge in [-0.15, -0.1) is 0 Å². The quantitative estimate of drug-likeness (QED) is 0.545. The van der Waals surface area contributed by atoms with Gasteiger partial charge < -0.3 is 0 Å². The molecule has 17 heavy (non-hydrogen) atoms. The minimum atomic E-state index is 0.156. The Kier molecular flexibility index (Phi) is 0.723. The highest BCUT2D eigenvalue weighted by atomic mass is 14.8. The lowest BCUT2D eigenvalue weighted by Crippen LogP contribution is -2.49. The summed E-state index contributed by atoms with van der Waals surface area (Å²) in [5.41, 5.74) is 0.875. The van der Waals surface area contributed by atoms with E-state index in [1.165, 1.54) is 0 Å². The summed E-state index contributed by atoms with van der Waals surface area (Å²) in [5, 5.41) is 0. The van der Waals surface area contributed by atoms with Gasteiger partial charge in [-0.1, -0.05) is 72.9 Å². The van der Waals surface area contributed by atoms with Crippen molar-refractivity contribution in [1.29, 1.82) is 0 Å². The number of hydrogen-bond donors (Lipinski definition) is 0. The normalized spacial score (nSPS) is 67.8. The molecule has 6 aliphatic rings. The largest absolute Gasteiger partial charge is 0.0729 e. The fraction of sp³-hybridized carbons (Fsp3) is 0.294. The second-order valence-electron chi connectivity index (χ2n) is 6.48.